The van der Waals surface area contributed by atoms with E-state index in [4.69, 9.17) is 4.42 Å². The van der Waals surface area contributed by atoms with Crippen LogP contribution in [0.1, 0.15) is 17.7 Å². The predicted octanol–water partition coefficient (Wildman–Crippen LogP) is 2.69. The number of nitrogens with one attached hydrogen (secondary N) is 1. The van der Waals surface area contributed by atoms with E-state index < -0.39 is 0 Å². The molecular formula is C17H22N2O. The van der Waals surface area contributed by atoms with Crippen LogP contribution in [0.2, 0.25) is 0 Å². The highest BCUT2D eigenvalue weighted by Gasteiger charge is 2.21. The second-order valence-electron chi connectivity index (χ2n) is 5.49. The van der Waals surface area contributed by atoms with Crippen molar-refractivity contribution in [3.8, 4) is 0 Å². The molecule has 3 nitrogen and oxygen atoms in total. The van der Waals surface area contributed by atoms with Crippen molar-refractivity contribution < 1.29 is 4.42 Å². The van der Waals surface area contributed by atoms with E-state index in [2.05, 4.69) is 40.5 Å². The minimum absolute atomic E-state index is 0.619. The minimum atomic E-state index is 0.619. The fourth-order valence-electron chi connectivity index (χ4n) is 2.84. The van der Waals surface area contributed by atoms with E-state index in [0.717, 1.165) is 31.8 Å². The number of rotatable bonds is 6. The number of likely N-dealkylation sites (tertiary alicyclic amines) is 1. The fourth-order valence-corrected chi connectivity index (χ4v) is 2.84. The van der Waals surface area contributed by atoms with Gasteiger partial charge in [-0.2, -0.15) is 0 Å². The summed E-state index contributed by atoms with van der Waals surface area (Å²) in [4.78, 5) is 2.53. The summed E-state index contributed by atoms with van der Waals surface area (Å²) in [7, 11) is 0. The molecule has 1 atom stereocenters. The summed E-state index contributed by atoms with van der Waals surface area (Å²) in [5.41, 5.74) is 1.41. The number of hydrogen-bond donors (Lipinski definition) is 1. The highest BCUT2D eigenvalue weighted by molar-refractivity contribution is 5.14. The standard InChI is InChI=1S/C17H22N2O/c1-2-5-15(6-3-1)13-19-11-9-16(14-19)18-10-8-17-7-4-12-20-17/h1-7,12,16,18H,8-11,13-14H2. The number of nitrogens with zero attached hydrogens (tertiary/aromatic N) is 1. The molecule has 1 saturated heterocycles. The highest BCUT2D eigenvalue weighted by atomic mass is 16.3. The quantitative estimate of drug-likeness (QED) is 0.875. The first kappa shape index (κ1) is 13.4. The molecule has 2 heterocycles. The van der Waals surface area contributed by atoms with Gasteiger partial charge in [-0.25, -0.2) is 0 Å². The van der Waals surface area contributed by atoms with Crippen molar-refractivity contribution in [3.63, 3.8) is 0 Å². The van der Waals surface area contributed by atoms with E-state index in [-0.39, 0.29) is 0 Å². The van der Waals surface area contributed by atoms with Crippen molar-refractivity contribution in [1.82, 2.24) is 10.2 Å². The third-order valence-electron chi connectivity index (χ3n) is 3.91. The van der Waals surface area contributed by atoms with Crippen molar-refractivity contribution in [2.75, 3.05) is 19.6 Å². The van der Waals surface area contributed by atoms with Crippen LogP contribution in [-0.4, -0.2) is 30.6 Å². The predicted molar refractivity (Wildman–Crippen MR) is 80.5 cm³/mol. The van der Waals surface area contributed by atoms with E-state index >= 15 is 0 Å². The van der Waals surface area contributed by atoms with Crippen LogP contribution in [0, 0.1) is 0 Å². The molecule has 0 amide bonds. The van der Waals surface area contributed by atoms with Gasteiger partial charge >= 0.3 is 0 Å². The lowest BCUT2D eigenvalue weighted by Crippen LogP contribution is -2.33. The van der Waals surface area contributed by atoms with Gasteiger partial charge in [-0.05, 0) is 24.1 Å². The van der Waals surface area contributed by atoms with Gasteiger partial charge in [-0.15, -0.1) is 0 Å². The molecule has 1 aromatic carbocycles. The van der Waals surface area contributed by atoms with Crippen LogP contribution in [-0.2, 0) is 13.0 Å². The van der Waals surface area contributed by atoms with Gasteiger partial charge in [0.15, 0.2) is 0 Å². The average Bonchev–Trinajstić information content (AvgIpc) is 3.12. The largest absolute Gasteiger partial charge is 0.469 e. The lowest BCUT2D eigenvalue weighted by atomic mass is 10.2. The lowest BCUT2D eigenvalue weighted by molar-refractivity contribution is 0.320. The molecule has 0 saturated carbocycles. The molecular weight excluding hydrogens is 248 g/mol. The summed E-state index contributed by atoms with van der Waals surface area (Å²) in [6.45, 7) is 4.40. The second kappa shape index (κ2) is 6.73. The van der Waals surface area contributed by atoms with Crippen molar-refractivity contribution >= 4 is 0 Å². The van der Waals surface area contributed by atoms with Crippen molar-refractivity contribution in [2.24, 2.45) is 0 Å². The Morgan fingerprint density at radius 3 is 2.85 bits per heavy atom. The fraction of sp³-hybridized carbons (Fsp3) is 0.412. The summed E-state index contributed by atoms with van der Waals surface area (Å²) in [5.74, 6) is 1.07. The van der Waals surface area contributed by atoms with Crippen molar-refractivity contribution in [2.45, 2.75) is 25.4 Å². The molecule has 3 heteroatoms. The molecule has 1 unspecified atom stereocenters. The average molecular weight is 270 g/mol. The molecule has 0 aliphatic carbocycles. The Balaban J connectivity index is 1.38. The molecule has 1 aliphatic heterocycles. The van der Waals surface area contributed by atoms with Crippen LogP contribution in [0.3, 0.4) is 0 Å². The van der Waals surface area contributed by atoms with Gasteiger partial charge in [0.2, 0.25) is 0 Å². The number of furan rings is 1. The first-order valence-corrected chi connectivity index (χ1v) is 7.42. The zero-order valence-corrected chi connectivity index (χ0v) is 11.8. The summed E-state index contributed by atoms with van der Waals surface area (Å²) in [5, 5.41) is 3.63. The lowest BCUT2D eigenvalue weighted by Gasteiger charge is -2.16. The van der Waals surface area contributed by atoms with Crippen LogP contribution in [0.4, 0.5) is 0 Å². The molecule has 2 aromatic rings. The van der Waals surface area contributed by atoms with Gasteiger partial charge in [-0.1, -0.05) is 30.3 Å². The summed E-state index contributed by atoms with van der Waals surface area (Å²) >= 11 is 0. The van der Waals surface area contributed by atoms with E-state index in [1.165, 1.54) is 18.5 Å². The van der Waals surface area contributed by atoms with Gasteiger partial charge in [0, 0.05) is 38.6 Å². The molecule has 0 spiro atoms. The van der Waals surface area contributed by atoms with E-state index in [1.807, 2.05) is 12.1 Å². The molecule has 1 aliphatic rings. The molecule has 1 N–H and O–H groups in total. The number of hydrogen-bond acceptors (Lipinski definition) is 3. The van der Waals surface area contributed by atoms with Crippen LogP contribution >= 0.6 is 0 Å². The summed E-state index contributed by atoms with van der Waals surface area (Å²) in [6, 6.07) is 15.3. The van der Waals surface area contributed by atoms with E-state index in [0.29, 0.717) is 6.04 Å². The summed E-state index contributed by atoms with van der Waals surface area (Å²) < 4.78 is 5.35. The van der Waals surface area contributed by atoms with Crippen molar-refractivity contribution in [1.29, 1.82) is 0 Å². The Morgan fingerprint density at radius 2 is 2.05 bits per heavy atom. The van der Waals surface area contributed by atoms with E-state index in [9.17, 15) is 0 Å². The normalized spacial score (nSPS) is 19.5. The molecule has 1 fully saturated rings. The Labute approximate surface area is 120 Å². The third kappa shape index (κ3) is 3.71. The molecule has 106 valence electrons. The zero-order chi connectivity index (χ0) is 13.6. The summed E-state index contributed by atoms with van der Waals surface area (Å²) in [6.07, 6.45) is 3.96. The Hall–Kier alpha value is -1.58. The third-order valence-corrected chi connectivity index (χ3v) is 3.91. The van der Waals surface area contributed by atoms with Crippen LogP contribution in [0.15, 0.2) is 53.1 Å². The Bertz CT molecular complexity index is 495. The van der Waals surface area contributed by atoms with Crippen LogP contribution < -0.4 is 5.32 Å². The van der Waals surface area contributed by atoms with Crippen LogP contribution in [0.5, 0.6) is 0 Å². The Morgan fingerprint density at radius 1 is 1.15 bits per heavy atom. The molecule has 1 aromatic heterocycles. The van der Waals surface area contributed by atoms with Gasteiger partial charge in [0.1, 0.15) is 5.76 Å². The van der Waals surface area contributed by atoms with Crippen molar-refractivity contribution in [3.05, 3.63) is 60.1 Å². The van der Waals surface area contributed by atoms with Gasteiger partial charge in [0.25, 0.3) is 0 Å². The topological polar surface area (TPSA) is 28.4 Å². The Kier molecular flexibility index (Phi) is 4.51. The maximum Gasteiger partial charge on any atom is 0.105 e. The van der Waals surface area contributed by atoms with Gasteiger partial charge in [0.05, 0.1) is 6.26 Å². The number of benzene rings is 1. The minimum Gasteiger partial charge on any atom is -0.469 e. The highest BCUT2D eigenvalue weighted by Crippen LogP contribution is 2.13. The molecule has 0 radical (unpaired) electrons. The molecule has 3 rings (SSSR count). The van der Waals surface area contributed by atoms with Crippen LogP contribution in [0.25, 0.3) is 0 Å². The second-order valence-corrected chi connectivity index (χ2v) is 5.49. The smallest absolute Gasteiger partial charge is 0.105 e. The van der Waals surface area contributed by atoms with Gasteiger partial charge in [-0.3, -0.25) is 4.90 Å². The zero-order valence-electron chi connectivity index (χ0n) is 11.8. The monoisotopic (exact) mass is 270 g/mol. The first-order valence-electron chi connectivity index (χ1n) is 7.42. The van der Waals surface area contributed by atoms with Gasteiger partial charge < -0.3 is 9.73 Å². The maximum atomic E-state index is 5.35. The maximum absolute atomic E-state index is 5.35. The first-order chi connectivity index (χ1) is 9.90. The molecule has 0 bridgehead atoms. The SMILES string of the molecule is c1ccc(CN2CCC(NCCc3ccco3)C2)cc1. The molecule has 20 heavy (non-hydrogen) atoms. The van der Waals surface area contributed by atoms with E-state index in [1.54, 1.807) is 6.26 Å².